The van der Waals surface area contributed by atoms with Crippen molar-refractivity contribution in [3.63, 3.8) is 0 Å². The fraction of sp³-hybridized carbons (Fsp3) is 0.300. The van der Waals surface area contributed by atoms with Crippen molar-refractivity contribution < 1.29 is 9.59 Å². The summed E-state index contributed by atoms with van der Waals surface area (Å²) < 4.78 is 0. The highest BCUT2D eigenvalue weighted by molar-refractivity contribution is 5.94. The van der Waals surface area contributed by atoms with Gasteiger partial charge >= 0.3 is 6.03 Å². The largest absolute Gasteiger partial charge is 0.341 e. The lowest BCUT2D eigenvalue weighted by molar-refractivity contribution is -0.120. The molecule has 0 aliphatic carbocycles. The molecule has 2 aromatic rings. The van der Waals surface area contributed by atoms with Crippen molar-refractivity contribution >= 4 is 11.9 Å². The van der Waals surface area contributed by atoms with Gasteiger partial charge < -0.3 is 5.32 Å². The Labute approximate surface area is 148 Å². The Bertz CT molecular complexity index is 746. The summed E-state index contributed by atoms with van der Waals surface area (Å²) in [6.07, 6.45) is 0.303. The molecule has 0 fully saturated rings. The number of fused-ring (bicyclic) bond motifs is 1. The van der Waals surface area contributed by atoms with E-state index in [1.165, 1.54) is 23.7 Å². The Hall–Kier alpha value is -2.66. The Morgan fingerprint density at radius 1 is 1.08 bits per heavy atom. The molecule has 2 aromatic carbocycles. The molecule has 0 saturated heterocycles. The van der Waals surface area contributed by atoms with Crippen LogP contribution in [0, 0.1) is 0 Å². The second-order valence-electron chi connectivity index (χ2n) is 6.27. The van der Waals surface area contributed by atoms with Gasteiger partial charge in [-0.25, -0.2) is 4.79 Å². The van der Waals surface area contributed by atoms with E-state index in [4.69, 9.17) is 0 Å². The van der Waals surface area contributed by atoms with Crippen molar-refractivity contribution in [3.8, 4) is 0 Å². The van der Waals surface area contributed by atoms with E-state index in [-0.39, 0.29) is 5.91 Å². The van der Waals surface area contributed by atoms with Gasteiger partial charge in [0.1, 0.15) is 0 Å². The topological polar surface area (TPSA) is 61.4 Å². The van der Waals surface area contributed by atoms with E-state index in [0.717, 1.165) is 13.1 Å². The molecule has 1 atom stereocenters. The van der Waals surface area contributed by atoms with Crippen molar-refractivity contribution in [2.24, 2.45) is 0 Å². The second kappa shape index (κ2) is 7.94. The summed E-state index contributed by atoms with van der Waals surface area (Å²) >= 11 is 0. The minimum atomic E-state index is -0.462. The fourth-order valence-corrected chi connectivity index (χ4v) is 3.33. The molecule has 2 N–H and O–H groups in total. The van der Waals surface area contributed by atoms with Gasteiger partial charge in [-0.1, -0.05) is 54.6 Å². The Morgan fingerprint density at radius 3 is 2.56 bits per heavy atom. The molecule has 3 rings (SSSR count). The molecular weight excluding hydrogens is 314 g/mol. The Morgan fingerprint density at radius 2 is 1.80 bits per heavy atom. The monoisotopic (exact) mass is 337 g/mol. The average molecular weight is 337 g/mol. The third kappa shape index (κ3) is 4.25. The molecule has 1 heterocycles. The van der Waals surface area contributed by atoms with Crippen LogP contribution in [0.3, 0.4) is 0 Å². The maximum Gasteiger partial charge on any atom is 0.321 e. The van der Waals surface area contributed by atoms with E-state index in [1.54, 1.807) is 0 Å². The summed E-state index contributed by atoms with van der Waals surface area (Å²) in [6, 6.07) is 18.5. The minimum Gasteiger partial charge on any atom is -0.341 e. The van der Waals surface area contributed by atoms with Gasteiger partial charge in [0, 0.05) is 39.0 Å². The van der Waals surface area contributed by atoms with E-state index in [1.807, 2.05) is 6.07 Å². The van der Waals surface area contributed by atoms with Crippen LogP contribution in [0.2, 0.25) is 0 Å². The van der Waals surface area contributed by atoms with E-state index in [9.17, 15) is 9.59 Å². The summed E-state index contributed by atoms with van der Waals surface area (Å²) in [5.41, 5.74) is 3.95. The summed E-state index contributed by atoms with van der Waals surface area (Å²) in [4.78, 5) is 25.4. The standard InChI is InChI=1S/C20H23N3O2/c1-21-20(25)22-19(24)11-12-23-13-16-9-5-6-10-17(16)18(14-23)15-7-3-2-4-8-15/h2-10,18H,11-14H2,1H3,(H2,21,22,24,25). The third-order valence-electron chi connectivity index (χ3n) is 4.60. The van der Waals surface area contributed by atoms with Gasteiger partial charge in [-0.3, -0.25) is 15.0 Å². The number of benzene rings is 2. The molecule has 1 aliphatic heterocycles. The highest BCUT2D eigenvalue weighted by atomic mass is 16.2. The molecule has 1 unspecified atom stereocenters. The van der Waals surface area contributed by atoms with Gasteiger partial charge in [0.15, 0.2) is 0 Å². The Kier molecular flexibility index (Phi) is 5.46. The van der Waals surface area contributed by atoms with E-state index in [0.29, 0.717) is 18.9 Å². The van der Waals surface area contributed by atoms with Crippen molar-refractivity contribution in [2.45, 2.75) is 18.9 Å². The average Bonchev–Trinajstić information content (AvgIpc) is 2.66. The maximum absolute atomic E-state index is 11.9. The molecule has 1 aliphatic rings. The van der Waals surface area contributed by atoms with Crippen molar-refractivity contribution in [2.75, 3.05) is 20.1 Å². The van der Waals surface area contributed by atoms with Crippen LogP contribution < -0.4 is 10.6 Å². The molecule has 25 heavy (non-hydrogen) atoms. The zero-order chi connectivity index (χ0) is 17.6. The van der Waals surface area contributed by atoms with Crippen molar-refractivity contribution in [1.82, 2.24) is 15.5 Å². The number of rotatable bonds is 4. The molecule has 0 spiro atoms. The minimum absolute atomic E-state index is 0.255. The molecule has 0 aromatic heterocycles. The van der Waals surface area contributed by atoms with Crippen LogP contribution in [0.5, 0.6) is 0 Å². The SMILES string of the molecule is CNC(=O)NC(=O)CCN1Cc2ccccc2C(c2ccccc2)C1. The van der Waals surface area contributed by atoms with E-state index >= 15 is 0 Å². The molecule has 0 saturated carbocycles. The number of nitrogens with one attached hydrogen (secondary N) is 2. The molecule has 5 nitrogen and oxygen atoms in total. The molecule has 0 radical (unpaired) electrons. The first-order valence-corrected chi connectivity index (χ1v) is 8.54. The molecule has 3 amide bonds. The maximum atomic E-state index is 11.9. The highest BCUT2D eigenvalue weighted by Crippen LogP contribution is 2.33. The predicted octanol–water partition coefficient (Wildman–Crippen LogP) is 2.48. The van der Waals surface area contributed by atoms with Crippen LogP contribution in [0.4, 0.5) is 4.79 Å². The lowest BCUT2D eigenvalue weighted by Gasteiger charge is -2.35. The fourth-order valence-electron chi connectivity index (χ4n) is 3.33. The molecule has 0 bridgehead atoms. The van der Waals surface area contributed by atoms with Crippen LogP contribution in [-0.2, 0) is 11.3 Å². The highest BCUT2D eigenvalue weighted by Gasteiger charge is 2.26. The van der Waals surface area contributed by atoms with E-state index in [2.05, 4.69) is 64.1 Å². The molecule has 130 valence electrons. The van der Waals surface area contributed by atoms with Gasteiger partial charge in [0.2, 0.25) is 5.91 Å². The summed E-state index contributed by atoms with van der Waals surface area (Å²) in [5, 5.41) is 4.71. The number of hydrogen-bond donors (Lipinski definition) is 2. The first kappa shape index (κ1) is 17.2. The molecule has 5 heteroatoms. The zero-order valence-electron chi connectivity index (χ0n) is 14.4. The van der Waals surface area contributed by atoms with Gasteiger partial charge in [0.05, 0.1) is 0 Å². The smallest absolute Gasteiger partial charge is 0.321 e. The second-order valence-corrected chi connectivity index (χ2v) is 6.27. The van der Waals surface area contributed by atoms with Crippen LogP contribution >= 0.6 is 0 Å². The summed E-state index contributed by atoms with van der Waals surface area (Å²) in [6.45, 7) is 2.32. The number of hydrogen-bond acceptors (Lipinski definition) is 3. The van der Waals surface area contributed by atoms with Gasteiger partial charge in [-0.15, -0.1) is 0 Å². The third-order valence-corrected chi connectivity index (χ3v) is 4.60. The quantitative estimate of drug-likeness (QED) is 0.901. The zero-order valence-corrected chi connectivity index (χ0v) is 14.4. The predicted molar refractivity (Wildman–Crippen MR) is 97.2 cm³/mol. The van der Waals surface area contributed by atoms with Gasteiger partial charge in [-0.2, -0.15) is 0 Å². The number of urea groups is 1. The first-order chi connectivity index (χ1) is 12.2. The number of imide groups is 1. The van der Waals surface area contributed by atoms with Gasteiger partial charge in [0.25, 0.3) is 0 Å². The Balaban J connectivity index is 1.71. The number of amides is 3. The summed E-state index contributed by atoms with van der Waals surface area (Å²) in [7, 11) is 1.49. The molecular formula is C20H23N3O2. The van der Waals surface area contributed by atoms with Crippen molar-refractivity contribution in [1.29, 1.82) is 0 Å². The number of carbonyl (C=O) groups is 2. The van der Waals surface area contributed by atoms with Crippen LogP contribution in [0.15, 0.2) is 54.6 Å². The van der Waals surface area contributed by atoms with Crippen LogP contribution in [0.1, 0.15) is 29.0 Å². The van der Waals surface area contributed by atoms with Crippen molar-refractivity contribution in [3.05, 3.63) is 71.3 Å². The van der Waals surface area contributed by atoms with Crippen LogP contribution in [0.25, 0.3) is 0 Å². The lowest BCUT2D eigenvalue weighted by Crippen LogP contribution is -2.40. The normalized spacial score (nSPS) is 16.8. The lowest BCUT2D eigenvalue weighted by atomic mass is 9.84. The summed E-state index contributed by atoms with van der Waals surface area (Å²) in [5.74, 6) is 0.0441. The van der Waals surface area contributed by atoms with E-state index < -0.39 is 6.03 Å². The number of carbonyl (C=O) groups excluding carboxylic acids is 2. The first-order valence-electron chi connectivity index (χ1n) is 8.54. The number of nitrogens with zero attached hydrogens (tertiary/aromatic N) is 1. The van der Waals surface area contributed by atoms with Gasteiger partial charge in [-0.05, 0) is 16.7 Å². The van der Waals surface area contributed by atoms with Crippen LogP contribution in [-0.4, -0.2) is 37.0 Å².